The molecule has 0 amide bonds. The average Bonchev–Trinajstić information content (AvgIpc) is 2.94. The fourth-order valence-electron chi connectivity index (χ4n) is 3.55. The number of fused-ring (bicyclic) bond motifs is 1. The summed E-state index contributed by atoms with van der Waals surface area (Å²) in [4.78, 5) is 7.23. The number of hydrogen-bond acceptors (Lipinski definition) is 4. The van der Waals surface area contributed by atoms with Crippen LogP contribution in [0.4, 0.5) is 17.3 Å². The van der Waals surface area contributed by atoms with E-state index in [1.807, 2.05) is 6.07 Å². The third-order valence-corrected chi connectivity index (χ3v) is 5.33. The molecule has 0 saturated carbocycles. The molecule has 1 heterocycles. The molecule has 0 aliphatic carbocycles. The lowest BCUT2D eigenvalue weighted by atomic mass is 10.2. The van der Waals surface area contributed by atoms with Crippen molar-refractivity contribution in [3.05, 3.63) is 40.4 Å². The van der Waals surface area contributed by atoms with E-state index in [4.69, 9.17) is 9.72 Å². The van der Waals surface area contributed by atoms with Gasteiger partial charge in [0, 0.05) is 24.1 Å². The molecule has 27 heavy (non-hydrogen) atoms. The molecule has 0 aliphatic heterocycles. The Kier molecular flexibility index (Phi) is 5.65. The summed E-state index contributed by atoms with van der Waals surface area (Å²) in [5.41, 5.74) is 5.32. The number of methoxy groups -OCH3 is 1. The van der Waals surface area contributed by atoms with Crippen LogP contribution < -0.4 is 15.0 Å². The van der Waals surface area contributed by atoms with E-state index in [1.54, 1.807) is 7.11 Å². The van der Waals surface area contributed by atoms with E-state index in [1.165, 1.54) is 5.69 Å². The van der Waals surface area contributed by atoms with E-state index >= 15 is 0 Å². The van der Waals surface area contributed by atoms with Gasteiger partial charge in [-0.2, -0.15) is 0 Å². The largest absolute Gasteiger partial charge is 0.495 e. The Balaban J connectivity index is 2.12. The predicted molar refractivity (Wildman–Crippen MR) is 118 cm³/mol. The topological polar surface area (TPSA) is 42.3 Å². The Bertz CT molecular complexity index is 964. The van der Waals surface area contributed by atoms with Gasteiger partial charge >= 0.3 is 0 Å². The van der Waals surface area contributed by atoms with Crippen LogP contribution in [0.15, 0.2) is 34.8 Å². The third kappa shape index (κ3) is 3.63. The van der Waals surface area contributed by atoms with Crippen LogP contribution in [0.25, 0.3) is 11.0 Å². The zero-order chi connectivity index (χ0) is 19.7. The van der Waals surface area contributed by atoms with Gasteiger partial charge in [0.15, 0.2) is 0 Å². The minimum atomic E-state index is 0.417. The molecule has 0 unspecified atom stereocenters. The number of benzene rings is 2. The molecule has 0 fully saturated rings. The first-order chi connectivity index (χ1) is 12.9. The van der Waals surface area contributed by atoms with Crippen molar-refractivity contribution in [1.82, 2.24) is 9.55 Å². The number of halogens is 1. The first kappa shape index (κ1) is 19.5. The van der Waals surface area contributed by atoms with Gasteiger partial charge in [-0.15, -0.1) is 0 Å². The minimum absolute atomic E-state index is 0.417. The average molecular weight is 431 g/mol. The molecule has 1 aromatic heterocycles. The van der Waals surface area contributed by atoms with Gasteiger partial charge in [-0.05, 0) is 57.5 Å². The van der Waals surface area contributed by atoms with Crippen LogP contribution in [0.3, 0.4) is 0 Å². The van der Waals surface area contributed by atoms with Crippen LogP contribution in [-0.4, -0.2) is 29.2 Å². The predicted octanol–water partition coefficient (Wildman–Crippen LogP) is 5.63. The van der Waals surface area contributed by atoms with Crippen molar-refractivity contribution < 1.29 is 4.74 Å². The molecule has 6 heteroatoms. The number of imidazole rings is 1. The van der Waals surface area contributed by atoms with Crippen LogP contribution in [0, 0.1) is 6.92 Å². The Hall–Kier alpha value is -2.21. The molecule has 3 rings (SSSR count). The first-order valence-electron chi connectivity index (χ1n) is 9.20. The molecular formula is C21H27BrN4O. The molecule has 0 radical (unpaired) electrons. The number of nitrogens with zero attached hydrogens (tertiary/aromatic N) is 3. The van der Waals surface area contributed by atoms with Crippen LogP contribution in [0.2, 0.25) is 0 Å². The van der Waals surface area contributed by atoms with E-state index in [0.717, 1.165) is 45.0 Å². The second-order valence-electron chi connectivity index (χ2n) is 6.94. The van der Waals surface area contributed by atoms with Gasteiger partial charge in [0.2, 0.25) is 5.95 Å². The summed E-state index contributed by atoms with van der Waals surface area (Å²) < 4.78 is 8.68. The quantitative estimate of drug-likeness (QED) is 0.549. The maximum atomic E-state index is 5.57. The maximum absolute atomic E-state index is 5.57. The van der Waals surface area contributed by atoms with E-state index in [2.05, 4.69) is 89.7 Å². The van der Waals surface area contributed by atoms with E-state index in [0.29, 0.717) is 6.04 Å². The number of para-hydroxylation sites is 1. The molecule has 0 aliphatic rings. The van der Waals surface area contributed by atoms with Gasteiger partial charge in [0.05, 0.1) is 29.5 Å². The van der Waals surface area contributed by atoms with Crippen molar-refractivity contribution in [1.29, 1.82) is 0 Å². The summed E-state index contributed by atoms with van der Waals surface area (Å²) in [7, 11) is 3.73. The van der Waals surface area contributed by atoms with Gasteiger partial charge in [-0.25, -0.2) is 4.98 Å². The highest BCUT2D eigenvalue weighted by Crippen LogP contribution is 2.36. The van der Waals surface area contributed by atoms with E-state index < -0.39 is 0 Å². The molecule has 3 aromatic rings. The molecule has 0 spiro atoms. The first-order valence-corrected chi connectivity index (χ1v) is 9.99. The second-order valence-corrected chi connectivity index (χ2v) is 7.86. The van der Waals surface area contributed by atoms with Crippen LogP contribution in [0.5, 0.6) is 5.75 Å². The number of aromatic nitrogens is 2. The van der Waals surface area contributed by atoms with Crippen LogP contribution in [0.1, 0.15) is 26.3 Å². The van der Waals surface area contributed by atoms with Gasteiger partial charge in [-0.3, -0.25) is 0 Å². The summed E-state index contributed by atoms with van der Waals surface area (Å²) >= 11 is 3.53. The number of anilines is 3. The van der Waals surface area contributed by atoms with Gasteiger partial charge < -0.3 is 19.5 Å². The summed E-state index contributed by atoms with van der Waals surface area (Å²) in [6.45, 7) is 9.62. The maximum Gasteiger partial charge on any atom is 0.208 e. The number of hydrogen-bond donors (Lipinski definition) is 1. The van der Waals surface area contributed by atoms with Gasteiger partial charge in [0.25, 0.3) is 0 Å². The highest BCUT2D eigenvalue weighted by molar-refractivity contribution is 9.10. The standard InChI is InChI=1S/C21H27BrN4O/c1-7-26(13(2)3)17-10-8-9-16-20(17)25(5)21(23-16)24-19-14(4)11-15(22)12-18(19)27-6/h8-13H,7H2,1-6H3,(H,23,24). The number of ether oxygens (including phenoxy) is 1. The van der Waals surface area contributed by atoms with Crippen LogP contribution >= 0.6 is 15.9 Å². The molecule has 2 aromatic carbocycles. The zero-order valence-corrected chi connectivity index (χ0v) is 18.4. The lowest BCUT2D eigenvalue weighted by molar-refractivity contribution is 0.416. The molecule has 0 bridgehead atoms. The lowest BCUT2D eigenvalue weighted by Gasteiger charge is -2.28. The fourth-order valence-corrected chi connectivity index (χ4v) is 4.10. The highest BCUT2D eigenvalue weighted by Gasteiger charge is 2.18. The summed E-state index contributed by atoms with van der Waals surface area (Å²) in [5.74, 6) is 1.58. The third-order valence-electron chi connectivity index (χ3n) is 4.87. The van der Waals surface area contributed by atoms with Crippen molar-refractivity contribution in [2.75, 3.05) is 23.9 Å². The van der Waals surface area contributed by atoms with Crippen molar-refractivity contribution >= 4 is 44.3 Å². The van der Waals surface area contributed by atoms with Crippen LogP contribution in [-0.2, 0) is 7.05 Å². The summed E-state index contributed by atoms with van der Waals surface area (Å²) in [6.07, 6.45) is 0. The van der Waals surface area contributed by atoms with Gasteiger partial charge in [-0.1, -0.05) is 22.0 Å². The van der Waals surface area contributed by atoms with Crippen molar-refractivity contribution in [2.24, 2.45) is 7.05 Å². The second kappa shape index (κ2) is 7.80. The molecular weight excluding hydrogens is 404 g/mol. The zero-order valence-electron chi connectivity index (χ0n) is 16.8. The molecule has 0 saturated heterocycles. The fraction of sp³-hybridized carbons (Fsp3) is 0.381. The van der Waals surface area contributed by atoms with E-state index in [-0.39, 0.29) is 0 Å². The Morgan fingerprint density at radius 3 is 2.67 bits per heavy atom. The van der Waals surface area contributed by atoms with Crippen molar-refractivity contribution in [2.45, 2.75) is 33.7 Å². The SMILES string of the molecule is CCN(c1cccc2nc(Nc3c(C)cc(Br)cc3OC)n(C)c12)C(C)C. The highest BCUT2D eigenvalue weighted by atomic mass is 79.9. The summed E-state index contributed by atoms with van der Waals surface area (Å²) in [5, 5.41) is 3.48. The Morgan fingerprint density at radius 1 is 1.30 bits per heavy atom. The lowest BCUT2D eigenvalue weighted by Crippen LogP contribution is -2.30. The van der Waals surface area contributed by atoms with Crippen molar-refractivity contribution in [3.8, 4) is 5.75 Å². The molecule has 0 atom stereocenters. The summed E-state index contributed by atoms with van der Waals surface area (Å²) in [6, 6.07) is 10.7. The Morgan fingerprint density at radius 2 is 2.04 bits per heavy atom. The molecule has 144 valence electrons. The molecule has 1 N–H and O–H groups in total. The minimum Gasteiger partial charge on any atom is -0.495 e. The van der Waals surface area contributed by atoms with Crippen molar-refractivity contribution in [3.63, 3.8) is 0 Å². The van der Waals surface area contributed by atoms with E-state index in [9.17, 15) is 0 Å². The normalized spacial score (nSPS) is 11.3. The molecule has 5 nitrogen and oxygen atoms in total. The smallest absolute Gasteiger partial charge is 0.208 e. The van der Waals surface area contributed by atoms with Gasteiger partial charge in [0.1, 0.15) is 5.75 Å². The Labute approximate surface area is 169 Å². The monoisotopic (exact) mass is 430 g/mol. The number of rotatable bonds is 6. The number of aryl methyl sites for hydroxylation is 2. The number of nitrogens with one attached hydrogen (secondary N) is 1.